The van der Waals surface area contributed by atoms with Crippen molar-refractivity contribution in [3.8, 4) is 11.5 Å². The van der Waals surface area contributed by atoms with Crippen LogP contribution in [0.15, 0.2) is 84.6 Å². The zero-order valence-electron chi connectivity index (χ0n) is 19.7. The predicted octanol–water partition coefficient (Wildman–Crippen LogP) is 4.55. The highest BCUT2D eigenvalue weighted by molar-refractivity contribution is 6.36. The molecule has 174 valence electrons. The molecule has 0 bridgehead atoms. The highest BCUT2D eigenvalue weighted by Gasteiger charge is 2.41. The van der Waals surface area contributed by atoms with Gasteiger partial charge in [0.05, 0.1) is 19.8 Å². The van der Waals surface area contributed by atoms with E-state index in [0.29, 0.717) is 42.1 Å². The lowest BCUT2D eigenvalue weighted by Gasteiger charge is -2.25. The lowest BCUT2D eigenvalue weighted by Crippen LogP contribution is -2.36. The van der Waals surface area contributed by atoms with Gasteiger partial charge in [0.1, 0.15) is 17.2 Å². The Balaban J connectivity index is 1.70. The quantitative estimate of drug-likeness (QED) is 0.442. The summed E-state index contributed by atoms with van der Waals surface area (Å²) >= 11 is 0. The second-order valence-electron chi connectivity index (χ2n) is 7.89. The molecule has 0 N–H and O–H groups in total. The first-order chi connectivity index (χ1) is 16.6. The molecule has 34 heavy (non-hydrogen) atoms. The minimum Gasteiger partial charge on any atom is -0.497 e. The van der Waals surface area contributed by atoms with Gasteiger partial charge in [0, 0.05) is 18.8 Å². The summed E-state index contributed by atoms with van der Waals surface area (Å²) in [5.74, 6) is 0.891. The second-order valence-corrected chi connectivity index (χ2v) is 7.89. The van der Waals surface area contributed by atoms with E-state index in [4.69, 9.17) is 9.47 Å². The van der Waals surface area contributed by atoms with E-state index in [1.807, 2.05) is 78.6 Å². The summed E-state index contributed by atoms with van der Waals surface area (Å²) in [6.45, 7) is 2.81. The average molecular weight is 457 g/mol. The van der Waals surface area contributed by atoms with Crippen molar-refractivity contribution in [2.75, 3.05) is 32.2 Å². The van der Waals surface area contributed by atoms with E-state index < -0.39 is 0 Å². The minimum atomic E-state index is -0.284. The van der Waals surface area contributed by atoms with Gasteiger partial charge in [-0.15, -0.1) is 0 Å². The first kappa shape index (κ1) is 23.1. The summed E-state index contributed by atoms with van der Waals surface area (Å²) in [7, 11) is 3.22. The van der Waals surface area contributed by atoms with Crippen LogP contribution in [-0.2, 0) is 16.0 Å². The Morgan fingerprint density at radius 3 is 1.91 bits per heavy atom. The fourth-order valence-corrected chi connectivity index (χ4v) is 4.15. The van der Waals surface area contributed by atoms with E-state index in [-0.39, 0.29) is 11.8 Å². The van der Waals surface area contributed by atoms with Crippen LogP contribution in [0.25, 0.3) is 5.57 Å². The Hall–Kier alpha value is -4.06. The Morgan fingerprint density at radius 2 is 1.35 bits per heavy atom. The Bertz CT molecular complexity index is 1190. The van der Waals surface area contributed by atoms with Crippen LogP contribution in [0.2, 0.25) is 0 Å². The molecular weight excluding hydrogens is 428 g/mol. The smallest absolute Gasteiger partial charge is 0.278 e. The van der Waals surface area contributed by atoms with Crippen molar-refractivity contribution < 1.29 is 19.1 Å². The molecule has 2 amide bonds. The van der Waals surface area contributed by atoms with Gasteiger partial charge in [-0.1, -0.05) is 42.5 Å². The standard InChI is InChI=1S/C28H28N2O4/c1-4-29(22-8-6-5-7-9-22)26-25(21-12-16-24(34-3)17-13-21)27(31)30(28(26)32)19-18-20-10-14-23(33-2)15-11-20/h5-17H,4,18-19H2,1-3H3. The summed E-state index contributed by atoms with van der Waals surface area (Å²) in [6, 6.07) is 24.6. The third-order valence-electron chi connectivity index (χ3n) is 5.96. The van der Waals surface area contributed by atoms with Crippen LogP contribution in [0.3, 0.4) is 0 Å². The molecule has 0 atom stereocenters. The summed E-state index contributed by atoms with van der Waals surface area (Å²) < 4.78 is 10.5. The number of imide groups is 1. The molecule has 6 heteroatoms. The Kier molecular flexibility index (Phi) is 6.97. The molecule has 1 aliphatic heterocycles. The minimum absolute atomic E-state index is 0.282. The topological polar surface area (TPSA) is 59.1 Å². The summed E-state index contributed by atoms with van der Waals surface area (Å²) in [5.41, 5.74) is 3.39. The van der Waals surface area contributed by atoms with E-state index in [2.05, 4.69) is 0 Å². The molecule has 3 aromatic carbocycles. The Morgan fingerprint density at radius 1 is 0.765 bits per heavy atom. The number of benzene rings is 3. The number of carbonyl (C=O) groups is 2. The maximum Gasteiger partial charge on any atom is 0.278 e. The molecule has 0 spiro atoms. The van der Waals surface area contributed by atoms with E-state index >= 15 is 0 Å². The van der Waals surface area contributed by atoms with Crippen LogP contribution in [0.4, 0.5) is 5.69 Å². The van der Waals surface area contributed by atoms with Crippen molar-refractivity contribution >= 4 is 23.1 Å². The number of anilines is 1. The van der Waals surface area contributed by atoms with Crippen molar-refractivity contribution in [2.24, 2.45) is 0 Å². The summed E-state index contributed by atoms with van der Waals surface area (Å²) in [6.07, 6.45) is 0.558. The number of amides is 2. The van der Waals surface area contributed by atoms with Crippen molar-refractivity contribution in [2.45, 2.75) is 13.3 Å². The zero-order valence-corrected chi connectivity index (χ0v) is 19.7. The lowest BCUT2D eigenvalue weighted by molar-refractivity contribution is -0.136. The molecule has 0 saturated carbocycles. The number of nitrogens with zero attached hydrogens (tertiary/aromatic N) is 2. The number of carbonyl (C=O) groups excluding carboxylic acids is 2. The number of para-hydroxylation sites is 1. The van der Waals surface area contributed by atoms with Crippen molar-refractivity contribution in [3.05, 3.63) is 95.7 Å². The fraction of sp³-hybridized carbons (Fsp3) is 0.214. The van der Waals surface area contributed by atoms with Crippen molar-refractivity contribution in [3.63, 3.8) is 0 Å². The normalized spacial score (nSPS) is 13.4. The largest absolute Gasteiger partial charge is 0.497 e. The molecule has 3 aromatic rings. The van der Waals surface area contributed by atoms with Crippen LogP contribution < -0.4 is 14.4 Å². The first-order valence-corrected chi connectivity index (χ1v) is 11.3. The maximum absolute atomic E-state index is 13.7. The highest BCUT2D eigenvalue weighted by atomic mass is 16.5. The second kappa shape index (κ2) is 10.3. The molecule has 0 fully saturated rings. The molecule has 0 unspecified atom stereocenters. The number of hydrogen-bond acceptors (Lipinski definition) is 5. The fourth-order valence-electron chi connectivity index (χ4n) is 4.15. The molecule has 0 aromatic heterocycles. The van der Waals surface area contributed by atoms with Gasteiger partial charge in [-0.05, 0) is 60.9 Å². The number of rotatable bonds is 9. The van der Waals surface area contributed by atoms with Crippen LogP contribution >= 0.6 is 0 Å². The SMILES string of the molecule is CCN(C1=C(c2ccc(OC)cc2)C(=O)N(CCc2ccc(OC)cc2)C1=O)c1ccccc1. The van der Waals surface area contributed by atoms with Gasteiger partial charge in [0.15, 0.2) is 0 Å². The third-order valence-corrected chi connectivity index (χ3v) is 5.96. The van der Waals surface area contributed by atoms with Crippen molar-refractivity contribution in [1.82, 2.24) is 4.90 Å². The van der Waals surface area contributed by atoms with Gasteiger partial charge in [0.2, 0.25) is 0 Å². The summed E-state index contributed by atoms with van der Waals surface area (Å²) in [5, 5.41) is 0. The number of methoxy groups -OCH3 is 2. The Labute approximate surface area is 200 Å². The van der Waals surface area contributed by atoms with E-state index in [1.165, 1.54) is 4.90 Å². The van der Waals surface area contributed by atoms with Gasteiger partial charge >= 0.3 is 0 Å². The van der Waals surface area contributed by atoms with Gasteiger partial charge in [-0.3, -0.25) is 14.5 Å². The average Bonchev–Trinajstić information content (AvgIpc) is 3.13. The third kappa shape index (κ3) is 4.53. The molecule has 1 aliphatic rings. The molecular formula is C28H28N2O4. The number of likely N-dealkylation sites (N-methyl/N-ethyl adjacent to an activating group) is 1. The van der Waals surface area contributed by atoms with Crippen LogP contribution in [0.1, 0.15) is 18.1 Å². The monoisotopic (exact) mass is 456 g/mol. The molecule has 6 nitrogen and oxygen atoms in total. The van der Waals surface area contributed by atoms with Crippen molar-refractivity contribution in [1.29, 1.82) is 0 Å². The predicted molar refractivity (Wildman–Crippen MR) is 133 cm³/mol. The highest BCUT2D eigenvalue weighted by Crippen LogP contribution is 2.35. The zero-order chi connectivity index (χ0) is 24.1. The maximum atomic E-state index is 13.7. The number of hydrogen-bond donors (Lipinski definition) is 0. The molecule has 0 saturated heterocycles. The molecule has 0 radical (unpaired) electrons. The summed E-state index contributed by atoms with van der Waals surface area (Å²) in [4.78, 5) is 30.6. The van der Waals surface area contributed by atoms with Crippen LogP contribution in [0, 0.1) is 0 Å². The number of ether oxygens (including phenoxy) is 2. The van der Waals surface area contributed by atoms with E-state index in [9.17, 15) is 9.59 Å². The van der Waals surface area contributed by atoms with Gasteiger partial charge in [0.25, 0.3) is 11.8 Å². The van der Waals surface area contributed by atoms with Crippen LogP contribution in [0.5, 0.6) is 11.5 Å². The first-order valence-electron chi connectivity index (χ1n) is 11.3. The van der Waals surface area contributed by atoms with E-state index in [0.717, 1.165) is 17.0 Å². The van der Waals surface area contributed by atoms with E-state index in [1.54, 1.807) is 26.4 Å². The van der Waals surface area contributed by atoms with Gasteiger partial charge < -0.3 is 14.4 Å². The molecule has 0 aliphatic carbocycles. The molecule has 1 heterocycles. The van der Waals surface area contributed by atoms with Crippen LogP contribution in [-0.4, -0.2) is 44.0 Å². The molecule has 4 rings (SSSR count). The van der Waals surface area contributed by atoms with Gasteiger partial charge in [-0.2, -0.15) is 0 Å². The lowest BCUT2D eigenvalue weighted by atomic mass is 10.0. The van der Waals surface area contributed by atoms with Gasteiger partial charge in [-0.25, -0.2) is 0 Å².